The third kappa shape index (κ3) is 5.26. The van der Waals surface area contributed by atoms with E-state index in [1.54, 1.807) is 0 Å². The second-order valence-corrected chi connectivity index (χ2v) is 4.57. The van der Waals surface area contributed by atoms with Crippen LogP contribution in [0.2, 0.25) is 0 Å². The molecule has 0 bridgehead atoms. The Morgan fingerprint density at radius 1 is 1.24 bits per heavy atom. The summed E-state index contributed by atoms with van der Waals surface area (Å²) < 4.78 is 0. The largest absolute Gasteiger partial charge is 0.312 e. The van der Waals surface area contributed by atoms with Gasteiger partial charge in [-0.25, -0.2) is 9.97 Å². The molecule has 0 aliphatic carbocycles. The van der Waals surface area contributed by atoms with Gasteiger partial charge in [0.15, 0.2) is 0 Å². The Kier molecular flexibility index (Phi) is 6.78. The summed E-state index contributed by atoms with van der Waals surface area (Å²) in [6.07, 6.45) is 9.63. The maximum Gasteiger partial charge on any atom is 0.125 e. The van der Waals surface area contributed by atoms with Gasteiger partial charge in [0.25, 0.3) is 0 Å². The van der Waals surface area contributed by atoms with Gasteiger partial charge in [0.2, 0.25) is 0 Å². The van der Waals surface area contributed by atoms with Gasteiger partial charge in [-0.15, -0.1) is 0 Å². The molecule has 0 radical (unpaired) electrons. The average Bonchev–Trinajstić information content (AvgIpc) is 2.34. The first kappa shape index (κ1) is 14.1. The molecule has 0 saturated carbocycles. The molecule has 0 amide bonds. The normalized spacial score (nSPS) is 12.6. The number of hydrogen-bond donors (Lipinski definition) is 1. The van der Waals surface area contributed by atoms with Crippen molar-refractivity contribution in [2.24, 2.45) is 0 Å². The fraction of sp³-hybridized carbons (Fsp3) is 0.714. The van der Waals surface area contributed by atoms with Crippen LogP contribution in [0, 0.1) is 6.92 Å². The van der Waals surface area contributed by atoms with Crippen LogP contribution >= 0.6 is 0 Å². The Morgan fingerprint density at radius 2 is 2.00 bits per heavy atom. The van der Waals surface area contributed by atoms with Crippen LogP contribution in [-0.2, 0) is 0 Å². The molecule has 1 rings (SSSR count). The summed E-state index contributed by atoms with van der Waals surface area (Å²) >= 11 is 0. The summed E-state index contributed by atoms with van der Waals surface area (Å²) in [6, 6.07) is 2.39. The number of nitrogens with one attached hydrogen (secondary N) is 1. The standard InChI is InChI=1S/C14H25N3/c1-4-5-6-7-8-9-13(15-3)14-10-11-16-12(2)17-14/h10-11,13,15H,4-9H2,1-3H3. The average molecular weight is 235 g/mol. The van der Waals surface area contributed by atoms with Crippen LogP contribution in [0.25, 0.3) is 0 Å². The lowest BCUT2D eigenvalue weighted by molar-refractivity contribution is 0.490. The van der Waals surface area contributed by atoms with Gasteiger partial charge in [-0.1, -0.05) is 39.0 Å². The maximum absolute atomic E-state index is 4.49. The molecule has 0 spiro atoms. The first-order valence-electron chi connectivity index (χ1n) is 6.74. The zero-order chi connectivity index (χ0) is 12.5. The minimum Gasteiger partial charge on any atom is -0.312 e. The van der Waals surface area contributed by atoms with Crippen LogP contribution in [0.1, 0.15) is 63.0 Å². The molecule has 1 aromatic rings. The SMILES string of the molecule is CCCCCCCC(NC)c1ccnc(C)n1. The second-order valence-electron chi connectivity index (χ2n) is 4.57. The molecule has 1 N–H and O–H groups in total. The Bertz CT molecular complexity index is 312. The third-order valence-corrected chi connectivity index (χ3v) is 3.10. The van der Waals surface area contributed by atoms with Crippen molar-refractivity contribution in [3.05, 3.63) is 23.8 Å². The van der Waals surface area contributed by atoms with Crippen LogP contribution in [0.5, 0.6) is 0 Å². The van der Waals surface area contributed by atoms with Crippen LogP contribution in [0.4, 0.5) is 0 Å². The van der Waals surface area contributed by atoms with Crippen molar-refractivity contribution in [3.63, 3.8) is 0 Å². The van der Waals surface area contributed by atoms with Gasteiger partial charge in [-0.2, -0.15) is 0 Å². The Balaban J connectivity index is 2.38. The van der Waals surface area contributed by atoms with E-state index in [1.165, 1.54) is 32.1 Å². The van der Waals surface area contributed by atoms with Crippen LogP contribution in [-0.4, -0.2) is 17.0 Å². The number of hydrogen-bond acceptors (Lipinski definition) is 3. The van der Waals surface area contributed by atoms with Gasteiger partial charge in [0.05, 0.1) is 5.69 Å². The quantitative estimate of drug-likeness (QED) is 0.702. The Hall–Kier alpha value is -0.960. The van der Waals surface area contributed by atoms with Crippen molar-refractivity contribution in [3.8, 4) is 0 Å². The molecule has 0 aromatic carbocycles. The molecule has 0 saturated heterocycles. The van der Waals surface area contributed by atoms with Crippen molar-refractivity contribution in [1.82, 2.24) is 15.3 Å². The number of nitrogens with zero attached hydrogens (tertiary/aromatic N) is 2. The topological polar surface area (TPSA) is 37.8 Å². The van der Waals surface area contributed by atoms with E-state index in [-0.39, 0.29) is 0 Å². The lowest BCUT2D eigenvalue weighted by Crippen LogP contribution is -2.18. The van der Waals surface area contributed by atoms with Gasteiger partial charge in [-0.05, 0) is 26.5 Å². The predicted molar refractivity (Wildman–Crippen MR) is 71.9 cm³/mol. The van der Waals surface area contributed by atoms with E-state index in [1.807, 2.05) is 26.2 Å². The highest BCUT2D eigenvalue weighted by molar-refractivity contribution is 5.06. The predicted octanol–water partition coefficient (Wildman–Crippen LogP) is 3.41. The number of aromatic nitrogens is 2. The van der Waals surface area contributed by atoms with E-state index in [2.05, 4.69) is 22.2 Å². The molecule has 96 valence electrons. The summed E-state index contributed by atoms with van der Waals surface area (Å²) in [5.74, 6) is 0.855. The second kappa shape index (κ2) is 8.18. The Morgan fingerprint density at radius 3 is 2.65 bits per heavy atom. The van der Waals surface area contributed by atoms with E-state index in [0.29, 0.717) is 6.04 Å². The molecule has 17 heavy (non-hydrogen) atoms. The number of rotatable bonds is 8. The van der Waals surface area contributed by atoms with E-state index >= 15 is 0 Å². The molecule has 1 heterocycles. The minimum atomic E-state index is 0.373. The van der Waals surface area contributed by atoms with Crippen LogP contribution in [0.15, 0.2) is 12.3 Å². The van der Waals surface area contributed by atoms with Gasteiger partial charge < -0.3 is 5.32 Å². The molecule has 1 aromatic heterocycles. The molecular formula is C14H25N3. The maximum atomic E-state index is 4.49. The molecule has 0 fully saturated rings. The molecule has 0 aliphatic rings. The zero-order valence-corrected chi connectivity index (χ0v) is 11.4. The zero-order valence-electron chi connectivity index (χ0n) is 11.4. The summed E-state index contributed by atoms with van der Waals surface area (Å²) in [4.78, 5) is 8.62. The van der Waals surface area contributed by atoms with Crippen molar-refractivity contribution in [2.75, 3.05) is 7.05 Å². The summed E-state index contributed by atoms with van der Waals surface area (Å²) in [7, 11) is 2.01. The smallest absolute Gasteiger partial charge is 0.125 e. The molecule has 0 aliphatic heterocycles. The van der Waals surface area contributed by atoms with Crippen molar-refractivity contribution >= 4 is 0 Å². The van der Waals surface area contributed by atoms with Crippen molar-refractivity contribution < 1.29 is 0 Å². The first-order chi connectivity index (χ1) is 8.27. The summed E-state index contributed by atoms with van der Waals surface area (Å²) in [5, 5.41) is 3.35. The molecule has 1 atom stereocenters. The van der Waals surface area contributed by atoms with E-state index < -0.39 is 0 Å². The van der Waals surface area contributed by atoms with Crippen LogP contribution in [0.3, 0.4) is 0 Å². The third-order valence-electron chi connectivity index (χ3n) is 3.10. The van der Waals surface area contributed by atoms with Crippen molar-refractivity contribution in [2.45, 2.75) is 58.4 Å². The molecule has 3 nitrogen and oxygen atoms in total. The lowest BCUT2D eigenvalue weighted by atomic mass is 10.0. The number of unbranched alkanes of at least 4 members (excludes halogenated alkanes) is 4. The lowest BCUT2D eigenvalue weighted by Gasteiger charge is -2.15. The fourth-order valence-corrected chi connectivity index (χ4v) is 2.06. The van der Waals surface area contributed by atoms with Gasteiger partial charge in [-0.3, -0.25) is 0 Å². The van der Waals surface area contributed by atoms with E-state index in [0.717, 1.165) is 17.9 Å². The summed E-state index contributed by atoms with van der Waals surface area (Å²) in [5.41, 5.74) is 1.12. The van der Waals surface area contributed by atoms with Gasteiger partial charge in [0.1, 0.15) is 5.82 Å². The first-order valence-corrected chi connectivity index (χ1v) is 6.74. The monoisotopic (exact) mass is 235 g/mol. The Labute approximate surface area is 105 Å². The molecular weight excluding hydrogens is 210 g/mol. The van der Waals surface area contributed by atoms with Crippen molar-refractivity contribution in [1.29, 1.82) is 0 Å². The van der Waals surface area contributed by atoms with E-state index in [9.17, 15) is 0 Å². The van der Waals surface area contributed by atoms with Crippen LogP contribution < -0.4 is 5.32 Å². The fourth-order valence-electron chi connectivity index (χ4n) is 2.06. The molecule has 1 unspecified atom stereocenters. The van der Waals surface area contributed by atoms with E-state index in [4.69, 9.17) is 0 Å². The highest BCUT2D eigenvalue weighted by Gasteiger charge is 2.10. The highest BCUT2D eigenvalue weighted by Crippen LogP contribution is 2.18. The molecule has 3 heteroatoms. The van der Waals surface area contributed by atoms with Gasteiger partial charge in [0, 0.05) is 12.2 Å². The minimum absolute atomic E-state index is 0.373. The highest BCUT2D eigenvalue weighted by atomic mass is 14.9. The van der Waals surface area contributed by atoms with Gasteiger partial charge >= 0.3 is 0 Å². The number of aryl methyl sites for hydroxylation is 1. The summed E-state index contributed by atoms with van der Waals surface area (Å²) in [6.45, 7) is 4.19.